The van der Waals surface area contributed by atoms with Crippen LogP contribution in [-0.2, 0) is 0 Å². The maximum Gasteiger partial charge on any atom is 0.106 e. The van der Waals surface area contributed by atoms with Gasteiger partial charge >= 0.3 is 0 Å². The van der Waals surface area contributed by atoms with Gasteiger partial charge in [-0.05, 0) is 36.2 Å². The highest BCUT2D eigenvalue weighted by atomic mass is 32.1. The molecule has 0 saturated carbocycles. The molecular weight excluding hydrogens is 206 g/mol. The van der Waals surface area contributed by atoms with E-state index in [0.29, 0.717) is 0 Å². The lowest BCUT2D eigenvalue weighted by molar-refractivity contribution is 0.488. The van der Waals surface area contributed by atoms with Crippen LogP contribution in [-0.4, -0.2) is 15.6 Å². The quantitative estimate of drug-likeness (QED) is 0.863. The summed E-state index contributed by atoms with van der Waals surface area (Å²) in [6.45, 7) is 4.03. The Kier molecular flexibility index (Phi) is 2.88. The van der Waals surface area contributed by atoms with Gasteiger partial charge in [0, 0.05) is 18.4 Å². The van der Waals surface area contributed by atoms with Gasteiger partial charge in [0.05, 0.1) is 6.04 Å². The Morgan fingerprint density at radius 3 is 2.80 bits per heavy atom. The number of hydrogen-bond donors (Lipinski definition) is 1. The van der Waals surface area contributed by atoms with Crippen LogP contribution in [0, 0.1) is 6.92 Å². The van der Waals surface area contributed by atoms with E-state index in [0.717, 1.165) is 5.82 Å². The van der Waals surface area contributed by atoms with E-state index in [2.05, 4.69) is 26.4 Å². The summed E-state index contributed by atoms with van der Waals surface area (Å²) in [4.78, 5) is 4.24. The molecule has 2 N–H and O–H groups in total. The number of rotatable bonds is 3. The Balaban J connectivity index is 2.41. The molecule has 2 unspecified atom stereocenters. The zero-order valence-corrected chi connectivity index (χ0v) is 9.74. The SMILES string of the molecule is Cc1nccn1C(c1ccsc1)C(C)N. The number of aromatic nitrogens is 2. The highest BCUT2D eigenvalue weighted by Gasteiger charge is 2.19. The van der Waals surface area contributed by atoms with Crippen LogP contribution in [0.15, 0.2) is 29.2 Å². The van der Waals surface area contributed by atoms with Crippen LogP contribution < -0.4 is 5.73 Å². The van der Waals surface area contributed by atoms with E-state index < -0.39 is 0 Å². The van der Waals surface area contributed by atoms with Crippen molar-refractivity contribution < 1.29 is 0 Å². The van der Waals surface area contributed by atoms with Gasteiger partial charge in [-0.3, -0.25) is 0 Å². The molecule has 0 fully saturated rings. The lowest BCUT2D eigenvalue weighted by atomic mass is 10.0. The summed E-state index contributed by atoms with van der Waals surface area (Å²) in [7, 11) is 0. The summed E-state index contributed by atoms with van der Waals surface area (Å²) >= 11 is 1.70. The molecule has 0 aromatic carbocycles. The maximum atomic E-state index is 6.04. The molecule has 0 saturated heterocycles. The van der Waals surface area contributed by atoms with Gasteiger partial charge in [-0.1, -0.05) is 0 Å². The second-order valence-corrected chi connectivity index (χ2v) is 4.52. The molecule has 0 radical (unpaired) electrons. The van der Waals surface area contributed by atoms with Crippen molar-refractivity contribution in [1.29, 1.82) is 0 Å². The Hall–Kier alpha value is -1.13. The van der Waals surface area contributed by atoms with E-state index in [1.165, 1.54) is 5.56 Å². The Labute approximate surface area is 93.6 Å². The third-order valence-corrected chi connectivity index (χ3v) is 3.25. The largest absolute Gasteiger partial charge is 0.326 e. The van der Waals surface area contributed by atoms with Crippen molar-refractivity contribution in [2.75, 3.05) is 0 Å². The Bertz CT molecular complexity index is 417. The minimum absolute atomic E-state index is 0.0764. The van der Waals surface area contributed by atoms with Crippen LogP contribution in [0.1, 0.15) is 24.4 Å². The monoisotopic (exact) mass is 221 g/mol. The van der Waals surface area contributed by atoms with Gasteiger partial charge in [0.1, 0.15) is 5.82 Å². The van der Waals surface area contributed by atoms with Crippen LogP contribution in [0.3, 0.4) is 0 Å². The van der Waals surface area contributed by atoms with Crippen LogP contribution in [0.5, 0.6) is 0 Å². The first-order valence-electron chi connectivity index (χ1n) is 4.97. The lowest BCUT2D eigenvalue weighted by Gasteiger charge is -2.22. The summed E-state index contributed by atoms with van der Waals surface area (Å²) in [5.41, 5.74) is 7.30. The van der Waals surface area contributed by atoms with E-state index in [-0.39, 0.29) is 12.1 Å². The fraction of sp³-hybridized carbons (Fsp3) is 0.364. The minimum Gasteiger partial charge on any atom is -0.326 e. The van der Waals surface area contributed by atoms with Gasteiger partial charge in [0.25, 0.3) is 0 Å². The highest BCUT2D eigenvalue weighted by molar-refractivity contribution is 7.07. The number of nitrogens with zero attached hydrogens (tertiary/aromatic N) is 2. The second-order valence-electron chi connectivity index (χ2n) is 3.74. The number of thiophene rings is 1. The van der Waals surface area contributed by atoms with E-state index in [9.17, 15) is 0 Å². The predicted molar refractivity (Wildman–Crippen MR) is 63.1 cm³/mol. The molecule has 0 aliphatic carbocycles. The van der Waals surface area contributed by atoms with Crippen molar-refractivity contribution in [2.24, 2.45) is 5.73 Å². The van der Waals surface area contributed by atoms with Gasteiger partial charge in [0.2, 0.25) is 0 Å². The number of hydrogen-bond acceptors (Lipinski definition) is 3. The zero-order valence-electron chi connectivity index (χ0n) is 8.92. The highest BCUT2D eigenvalue weighted by Crippen LogP contribution is 2.24. The molecule has 2 aromatic heterocycles. The first-order chi connectivity index (χ1) is 7.20. The second kappa shape index (κ2) is 4.16. The standard InChI is InChI=1S/C11H15N3S/c1-8(12)11(10-3-6-15-7-10)14-5-4-13-9(14)2/h3-8,11H,12H2,1-2H3. The van der Waals surface area contributed by atoms with E-state index in [4.69, 9.17) is 5.73 Å². The topological polar surface area (TPSA) is 43.8 Å². The maximum absolute atomic E-state index is 6.04. The Morgan fingerprint density at radius 2 is 2.33 bits per heavy atom. The molecule has 2 aromatic rings. The first-order valence-corrected chi connectivity index (χ1v) is 5.91. The van der Waals surface area contributed by atoms with Crippen LogP contribution in [0.2, 0.25) is 0 Å². The van der Waals surface area contributed by atoms with Crippen LogP contribution in [0.4, 0.5) is 0 Å². The molecule has 3 nitrogen and oxygen atoms in total. The van der Waals surface area contributed by atoms with Crippen LogP contribution in [0.25, 0.3) is 0 Å². The van der Waals surface area contributed by atoms with Gasteiger partial charge < -0.3 is 10.3 Å². The summed E-state index contributed by atoms with van der Waals surface area (Å²) in [6.07, 6.45) is 3.80. The summed E-state index contributed by atoms with van der Waals surface area (Å²) in [5, 5.41) is 4.23. The zero-order chi connectivity index (χ0) is 10.8. The molecular formula is C11H15N3S. The van der Waals surface area contributed by atoms with Crippen molar-refractivity contribution in [2.45, 2.75) is 25.9 Å². The lowest BCUT2D eigenvalue weighted by Crippen LogP contribution is -2.30. The average molecular weight is 221 g/mol. The smallest absolute Gasteiger partial charge is 0.106 e. The normalized spacial score (nSPS) is 15.1. The van der Waals surface area contributed by atoms with Crippen molar-refractivity contribution in [3.63, 3.8) is 0 Å². The van der Waals surface area contributed by atoms with Gasteiger partial charge in [0.15, 0.2) is 0 Å². The molecule has 2 heterocycles. The molecule has 2 atom stereocenters. The number of nitrogens with two attached hydrogens (primary N) is 1. The molecule has 4 heteroatoms. The van der Waals surface area contributed by atoms with E-state index >= 15 is 0 Å². The van der Waals surface area contributed by atoms with E-state index in [1.807, 2.05) is 26.2 Å². The van der Waals surface area contributed by atoms with Gasteiger partial charge in [-0.25, -0.2) is 4.98 Å². The van der Waals surface area contributed by atoms with Gasteiger partial charge in [-0.2, -0.15) is 11.3 Å². The molecule has 15 heavy (non-hydrogen) atoms. The molecule has 0 amide bonds. The third-order valence-electron chi connectivity index (χ3n) is 2.54. The van der Waals surface area contributed by atoms with Crippen molar-refractivity contribution >= 4 is 11.3 Å². The predicted octanol–water partition coefficient (Wildman–Crippen LogP) is 2.19. The van der Waals surface area contributed by atoms with Gasteiger partial charge in [-0.15, -0.1) is 0 Å². The number of aryl methyl sites for hydroxylation is 1. The summed E-state index contributed by atoms with van der Waals surface area (Å²) < 4.78 is 2.13. The first kappa shape index (κ1) is 10.4. The fourth-order valence-electron chi connectivity index (χ4n) is 1.84. The molecule has 0 spiro atoms. The van der Waals surface area contributed by atoms with Crippen molar-refractivity contribution in [1.82, 2.24) is 9.55 Å². The molecule has 0 aliphatic heterocycles. The van der Waals surface area contributed by atoms with Crippen LogP contribution >= 0.6 is 11.3 Å². The fourth-order valence-corrected chi connectivity index (χ4v) is 2.53. The molecule has 0 aliphatic rings. The third kappa shape index (κ3) is 1.96. The molecule has 2 rings (SSSR count). The summed E-state index contributed by atoms with van der Waals surface area (Å²) in [5.74, 6) is 1.00. The molecule has 0 bridgehead atoms. The average Bonchev–Trinajstić information content (AvgIpc) is 2.79. The Morgan fingerprint density at radius 1 is 1.53 bits per heavy atom. The molecule has 80 valence electrons. The minimum atomic E-state index is 0.0764. The summed E-state index contributed by atoms with van der Waals surface area (Å²) in [6, 6.07) is 2.39. The number of imidazole rings is 1. The van der Waals surface area contributed by atoms with Crippen molar-refractivity contribution in [3.8, 4) is 0 Å². The van der Waals surface area contributed by atoms with Crippen molar-refractivity contribution in [3.05, 3.63) is 40.6 Å². The van der Waals surface area contributed by atoms with E-state index in [1.54, 1.807) is 11.3 Å².